The third kappa shape index (κ3) is 5.19. The summed E-state index contributed by atoms with van der Waals surface area (Å²) in [6.07, 6.45) is 2.31. The van der Waals surface area contributed by atoms with Crippen molar-refractivity contribution in [3.63, 3.8) is 0 Å². The lowest BCUT2D eigenvalue weighted by atomic mass is 10.2. The SMILES string of the molecule is COCCCN/C=C(/C#N)C(=O)N1CC(C)OC(C)C1. The number of nitrogens with one attached hydrogen (secondary N) is 1. The van der Waals surface area contributed by atoms with Crippen molar-refractivity contribution in [1.82, 2.24) is 10.2 Å². The highest BCUT2D eigenvalue weighted by atomic mass is 16.5. The molecule has 0 aromatic heterocycles. The summed E-state index contributed by atoms with van der Waals surface area (Å²) in [6.45, 7) is 6.21. The largest absolute Gasteiger partial charge is 0.390 e. The first kappa shape index (κ1) is 16.5. The number of nitriles is 1. The Bertz CT molecular complexity index is 380. The molecule has 2 unspecified atom stereocenters. The number of carbonyl (C=O) groups is 1. The molecule has 0 saturated carbocycles. The van der Waals surface area contributed by atoms with E-state index < -0.39 is 0 Å². The van der Waals surface area contributed by atoms with Gasteiger partial charge < -0.3 is 19.7 Å². The third-order valence-electron chi connectivity index (χ3n) is 2.97. The number of carbonyl (C=O) groups excluding carboxylic acids is 1. The fourth-order valence-electron chi connectivity index (χ4n) is 2.15. The number of ether oxygens (including phenoxy) is 2. The van der Waals surface area contributed by atoms with E-state index in [2.05, 4.69) is 5.32 Å². The van der Waals surface area contributed by atoms with Crippen LogP contribution >= 0.6 is 0 Å². The zero-order valence-corrected chi connectivity index (χ0v) is 12.4. The molecule has 0 bridgehead atoms. The minimum absolute atomic E-state index is 0.00250. The van der Waals surface area contributed by atoms with Crippen LogP contribution in [0, 0.1) is 11.3 Å². The fourth-order valence-corrected chi connectivity index (χ4v) is 2.15. The van der Waals surface area contributed by atoms with Gasteiger partial charge in [0, 0.05) is 39.6 Å². The zero-order chi connectivity index (χ0) is 15.0. The predicted octanol–water partition coefficient (Wildman–Crippen LogP) is 0.656. The van der Waals surface area contributed by atoms with Crippen LogP contribution in [0.1, 0.15) is 20.3 Å². The molecule has 1 N–H and O–H groups in total. The molecule has 1 saturated heterocycles. The highest BCUT2D eigenvalue weighted by Crippen LogP contribution is 2.13. The standard InChI is InChI=1S/C14H23N3O3/c1-11-9-17(10-12(2)20-11)14(18)13(7-15)8-16-5-4-6-19-3/h8,11-12,16H,4-6,9-10H2,1-3H3/b13-8-. The first-order valence-corrected chi connectivity index (χ1v) is 6.85. The lowest BCUT2D eigenvalue weighted by molar-refractivity contribution is -0.138. The van der Waals surface area contributed by atoms with Gasteiger partial charge in [-0.2, -0.15) is 5.26 Å². The molecule has 20 heavy (non-hydrogen) atoms. The van der Waals surface area contributed by atoms with Gasteiger partial charge in [-0.3, -0.25) is 4.79 Å². The van der Waals surface area contributed by atoms with Gasteiger partial charge in [0.25, 0.3) is 5.91 Å². The summed E-state index contributed by atoms with van der Waals surface area (Å²) < 4.78 is 10.5. The number of methoxy groups -OCH3 is 1. The van der Waals surface area contributed by atoms with Gasteiger partial charge in [0.2, 0.25) is 0 Å². The van der Waals surface area contributed by atoms with Crippen LogP contribution in [0.15, 0.2) is 11.8 Å². The molecule has 1 aliphatic heterocycles. The van der Waals surface area contributed by atoms with E-state index in [0.717, 1.165) is 6.42 Å². The van der Waals surface area contributed by atoms with Crippen molar-refractivity contribution in [3.05, 3.63) is 11.8 Å². The highest BCUT2D eigenvalue weighted by Gasteiger charge is 2.27. The molecular formula is C14H23N3O3. The van der Waals surface area contributed by atoms with E-state index in [4.69, 9.17) is 14.7 Å². The van der Waals surface area contributed by atoms with Gasteiger partial charge in [0.15, 0.2) is 0 Å². The smallest absolute Gasteiger partial charge is 0.266 e. The Hall–Kier alpha value is -1.58. The molecule has 0 aromatic carbocycles. The minimum Gasteiger partial charge on any atom is -0.390 e. The van der Waals surface area contributed by atoms with Crippen LogP contribution in [0.4, 0.5) is 0 Å². The predicted molar refractivity (Wildman–Crippen MR) is 74.8 cm³/mol. The molecule has 6 nitrogen and oxygen atoms in total. The monoisotopic (exact) mass is 281 g/mol. The maximum atomic E-state index is 12.3. The third-order valence-corrected chi connectivity index (χ3v) is 2.97. The van der Waals surface area contributed by atoms with Crippen molar-refractivity contribution in [2.75, 3.05) is 33.4 Å². The van der Waals surface area contributed by atoms with E-state index >= 15 is 0 Å². The average molecular weight is 281 g/mol. The number of nitrogens with zero attached hydrogens (tertiary/aromatic N) is 2. The highest BCUT2D eigenvalue weighted by molar-refractivity contribution is 5.97. The molecular weight excluding hydrogens is 258 g/mol. The van der Waals surface area contributed by atoms with Crippen molar-refractivity contribution in [2.24, 2.45) is 0 Å². The van der Waals surface area contributed by atoms with E-state index in [1.807, 2.05) is 19.9 Å². The van der Waals surface area contributed by atoms with Gasteiger partial charge in [0.1, 0.15) is 11.6 Å². The molecule has 1 rings (SSSR count). The van der Waals surface area contributed by atoms with Crippen molar-refractivity contribution >= 4 is 5.91 Å². The fraction of sp³-hybridized carbons (Fsp3) is 0.714. The van der Waals surface area contributed by atoms with Crippen LogP contribution in [-0.4, -0.2) is 56.4 Å². The van der Waals surface area contributed by atoms with Crippen LogP contribution in [0.2, 0.25) is 0 Å². The Morgan fingerprint density at radius 2 is 2.15 bits per heavy atom. The summed E-state index contributed by atoms with van der Waals surface area (Å²) in [5, 5.41) is 12.1. The molecule has 1 fully saturated rings. The molecule has 1 aliphatic rings. The van der Waals surface area contributed by atoms with Crippen molar-refractivity contribution in [2.45, 2.75) is 32.5 Å². The quantitative estimate of drug-likeness (QED) is 0.440. The van der Waals surface area contributed by atoms with Crippen LogP contribution in [0.5, 0.6) is 0 Å². The lowest BCUT2D eigenvalue weighted by Crippen LogP contribution is -2.48. The maximum Gasteiger partial charge on any atom is 0.266 e. The summed E-state index contributed by atoms with van der Waals surface area (Å²) in [4.78, 5) is 13.9. The van der Waals surface area contributed by atoms with Crippen LogP contribution in [0.25, 0.3) is 0 Å². The summed E-state index contributed by atoms with van der Waals surface area (Å²) in [7, 11) is 1.64. The summed E-state index contributed by atoms with van der Waals surface area (Å²) in [6, 6.07) is 1.96. The maximum absolute atomic E-state index is 12.3. The minimum atomic E-state index is -0.242. The van der Waals surface area contributed by atoms with Gasteiger partial charge in [-0.15, -0.1) is 0 Å². The summed E-state index contributed by atoms with van der Waals surface area (Å²) in [5.41, 5.74) is 0.128. The Labute approximate surface area is 120 Å². The van der Waals surface area contributed by atoms with E-state index in [1.165, 1.54) is 6.20 Å². The molecule has 1 amide bonds. The van der Waals surface area contributed by atoms with E-state index in [1.54, 1.807) is 12.0 Å². The Balaban J connectivity index is 2.53. The van der Waals surface area contributed by atoms with Crippen LogP contribution in [0.3, 0.4) is 0 Å². The topological polar surface area (TPSA) is 74.6 Å². The van der Waals surface area contributed by atoms with Crippen molar-refractivity contribution < 1.29 is 14.3 Å². The van der Waals surface area contributed by atoms with E-state index in [0.29, 0.717) is 26.2 Å². The average Bonchev–Trinajstić information content (AvgIpc) is 2.41. The van der Waals surface area contributed by atoms with Crippen LogP contribution < -0.4 is 5.32 Å². The van der Waals surface area contributed by atoms with Gasteiger partial charge in [-0.1, -0.05) is 0 Å². The first-order chi connectivity index (χ1) is 9.58. The molecule has 0 spiro atoms. The van der Waals surface area contributed by atoms with Gasteiger partial charge in [-0.05, 0) is 20.3 Å². The number of rotatable bonds is 6. The molecule has 2 atom stereocenters. The molecule has 1 heterocycles. The first-order valence-electron chi connectivity index (χ1n) is 6.85. The second-order valence-electron chi connectivity index (χ2n) is 4.94. The molecule has 112 valence electrons. The zero-order valence-electron chi connectivity index (χ0n) is 12.4. The van der Waals surface area contributed by atoms with Crippen LogP contribution in [-0.2, 0) is 14.3 Å². The van der Waals surface area contributed by atoms with Gasteiger partial charge >= 0.3 is 0 Å². The number of morpholine rings is 1. The van der Waals surface area contributed by atoms with Crippen molar-refractivity contribution in [3.8, 4) is 6.07 Å². The summed E-state index contributed by atoms with van der Waals surface area (Å²) >= 11 is 0. The lowest BCUT2D eigenvalue weighted by Gasteiger charge is -2.35. The molecule has 6 heteroatoms. The van der Waals surface area contributed by atoms with E-state index in [-0.39, 0.29) is 23.7 Å². The second-order valence-corrected chi connectivity index (χ2v) is 4.94. The normalized spacial score (nSPS) is 23.3. The number of hydrogen-bond acceptors (Lipinski definition) is 5. The molecule has 0 aliphatic carbocycles. The second kappa shape index (κ2) is 8.56. The Kier molecular flexibility index (Phi) is 7.05. The van der Waals surface area contributed by atoms with Gasteiger partial charge in [-0.25, -0.2) is 0 Å². The van der Waals surface area contributed by atoms with Gasteiger partial charge in [0.05, 0.1) is 12.2 Å². The summed E-state index contributed by atoms with van der Waals surface area (Å²) in [5.74, 6) is -0.242. The molecule has 0 aromatic rings. The Morgan fingerprint density at radius 3 is 2.70 bits per heavy atom. The number of hydrogen-bond donors (Lipinski definition) is 1. The van der Waals surface area contributed by atoms with Crippen molar-refractivity contribution in [1.29, 1.82) is 5.26 Å². The number of amides is 1. The Morgan fingerprint density at radius 1 is 1.50 bits per heavy atom. The van der Waals surface area contributed by atoms with E-state index in [9.17, 15) is 4.79 Å². The molecule has 0 radical (unpaired) electrons.